The van der Waals surface area contributed by atoms with Crippen molar-refractivity contribution in [3.8, 4) is 5.75 Å². The second-order valence-electron chi connectivity index (χ2n) is 5.57. The minimum Gasteiger partial charge on any atom is -0.496 e. The number of non-ortho nitro benzene ring substituents is 1. The highest BCUT2D eigenvalue weighted by Crippen LogP contribution is 2.24. The molecule has 1 amide bonds. The average molecular weight is 401 g/mol. The van der Waals surface area contributed by atoms with E-state index in [0.717, 1.165) is 11.3 Å². The summed E-state index contributed by atoms with van der Waals surface area (Å²) in [5.74, 6) is -0.762. The number of hydrogen-bond donors (Lipinski definition) is 0. The number of hydrogen-bond acceptors (Lipinski definition) is 7. The molecule has 10 heteroatoms. The summed E-state index contributed by atoms with van der Waals surface area (Å²) in [6.07, 6.45) is 0. The van der Waals surface area contributed by atoms with Crippen molar-refractivity contribution in [1.29, 1.82) is 0 Å². The van der Waals surface area contributed by atoms with Gasteiger partial charge < -0.3 is 14.0 Å². The lowest BCUT2D eigenvalue weighted by atomic mass is 10.2. The molecule has 0 atom stereocenters. The quantitative estimate of drug-likeness (QED) is 0.369. The average Bonchev–Trinajstić information content (AvgIpc) is 3.03. The summed E-state index contributed by atoms with van der Waals surface area (Å²) < 4.78 is 11.9. The van der Waals surface area contributed by atoms with Gasteiger partial charge in [0.15, 0.2) is 4.80 Å². The van der Waals surface area contributed by atoms with Crippen molar-refractivity contribution in [3.05, 3.63) is 62.9 Å². The van der Waals surface area contributed by atoms with E-state index >= 15 is 0 Å². The minimum absolute atomic E-state index is 0.133. The minimum atomic E-state index is -0.572. The summed E-state index contributed by atoms with van der Waals surface area (Å²) in [5.41, 5.74) is 0.542. The van der Waals surface area contributed by atoms with Gasteiger partial charge in [0.1, 0.15) is 12.3 Å². The third-order valence-electron chi connectivity index (χ3n) is 3.93. The number of carbonyl (C=O) groups excluding carboxylic acids is 2. The Morgan fingerprint density at radius 3 is 2.64 bits per heavy atom. The van der Waals surface area contributed by atoms with Crippen LogP contribution in [0.25, 0.3) is 10.2 Å². The number of nitro benzene ring substituents is 1. The Morgan fingerprint density at radius 1 is 1.21 bits per heavy atom. The maximum absolute atomic E-state index is 12.7. The van der Waals surface area contributed by atoms with Crippen LogP contribution in [0.3, 0.4) is 0 Å². The van der Waals surface area contributed by atoms with Gasteiger partial charge in [-0.05, 0) is 18.2 Å². The van der Waals surface area contributed by atoms with E-state index < -0.39 is 16.8 Å². The van der Waals surface area contributed by atoms with Crippen molar-refractivity contribution < 1.29 is 24.0 Å². The van der Waals surface area contributed by atoms with Crippen LogP contribution in [0.5, 0.6) is 5.75 Å². The predicted octanol–water partition coefficient (Wildman–Crippen LogP) is 2.53. The molecule has 9 nitrogen and oxygen atoms in total. The van der Waals surface area contributed by atoms with E-state index in [1.54, 1.807) is 30.3 Å². The van der Waals surface area contributed by atoms with Gasteiger partial charge in [0.05, 0.1) is 34.9 Å². The number of fused-ring (bicyclic) bond motifs is 1. The van der Waals surface area contributed by atoms with Crippen LogP contribution >= 0.6 is 11.3 Å². The highest BCUT2D eigenvalue weighted by Gasteiger charge is 2.17. The zero-order valence-corrected chi connectivity index (χ0v) is 15.8. The topological polar surface area (TPSA) is 113 Å². The molecule has 0 saturated carbocycles. The number of nitro groups is 1. The van der Waals surface area contributed by atoms with Gasteiger partial charge in [-0.25, -0.2) is 0 Å². The van der Waals surface area contributed by atoms with E-state index in [-0.39, 0.29) is 22.6 Å². The molecule has 0 fully saturated rings. The third kappa shape index (κ3) is 3.76. The molecule has 1 heterocycles. The fourth-order valence-electron chi connectivity index (χ4n) is 2.57. The fourth-order valence-corrected chi connectivity index (χ4v) is 3.58. The summed E-state index contributed by atoms with van der Waals surface area (Å²) in [6, 6.07) is 10.9. The smallest absolute Gasteiger partial charge is 0.325 e. The lowest BCUT2D eigenvalue weighted by molar-refractivity contribution is -0.384. The predicted molar refractivity (Wildman–Crippen MR) is 101 cm³/mol. The molecule has 0 unspecified atom stereocenters. The zero-order valence-electron chi connectivity index (χ0n) is 14.9. The van der Waals surface area contributed by atoms with Crippen LogP contribution in [0.2, 0.25) is 0 Å². The van der Waals surface area contributed by atoms with Crippen molar-refractivity contribution >= 4 is 39.1 Å². The molecule has 0 bridgehead atoms. The Balaban J connectivity index is 2.19. The van der Waals surface area contributed by atoms with Crippen LogP contribution in [0.1, 0.15) is 10.4 Å². The highest BCUT2D eigenvalue weighted by molar-refractivity contribution is 7.16. The molecule has 2 aromatic carbocycles. The van der Waals surface area contributed by atoms with Crippen LogP contribution in [-0.4, -0.2) is 35.6 Å². The van der Waals surface area contributed by atoms with Crippen molar-refractivity contribution in [3.63, 3.8) is 0 Å². The van der Waals surface area contributed by atoms with Gasteiger partial charge in [0.25, 0.3) is 11.6 Å². The first kappa shape index (κ1) is 19.2. The summed E-state index contributed by atoms with van der Waals surface area (Å²) in [5, 5.41) is 11.1. The standard InChI is InChI=1S/C18H15N3O6S/c1-26-14-6-4-3-5-12(14)17(23)19-18-20(10-16(22)27-2)13-9-11(21(24)25)7-8-15(13)28-18/h3-9H,10H2,1-2H3. The molecule has 3 rings (SSSR count). The second-order valence-corrected chi connectivity index (χ2v) is 6.58. The molecule has 0 aliphatic heterocycles. The van der Waals surface area contributed by atoms with Gasteiger partial charge in [-0.2, -0.15) is 4.99 Å². The summed E-state index contributed by atoms with van der Waals surface area (Å²) in [6.45, 7) is -0.240. The monoisotopic (exact) mass is 401 g/mol. The zero-order chi connectivity index (χ0) is 20.3. The molecule has 144 valence electrons. The first-order valence-electron chi connectivity index (χ1n) is 8.01. The number of rotatable bonds is 5. The number of nitrogens with zero attached hydrogens (tertiary/aromatic N) is 3. The summed E-state index contributed by atoms with van der Waals surface area (Å²) in [4.78, 5) is 39.4. The van der Waals surface area contributed by atoms with E-state index in [2.05, 4.69) is 4.99 Å². The van der Waals surface area contributed by atoms with Crippen molar-refractivity contribution in [2.75, 3.05) is 14.2 Å². The van der Waals surface area contributed by atoms with E-state index in [9.17, 15) is 19.7 Å². The largest absolute Gasteiger partial charge is 0.496 e. The molecule has 0 N–H and O–H groups in total. The lowest BCUT2D eigenvalue weighted by Gasteiger charge is -2.05. The molecule has 3 aromatic rings. The van der Waals surface area contributed by atoms with Gasteiger partial charge in [-0.1, -0.05) is 23.5 Å². The van der Waals surface area contributed by atoms with Crippen LogP contribution in [0.15, 0.2) is 47.5 Å². The SMILES string of the molecule is COC(=O)Cn1c(=NC(=O)c2ccccc2OC)sc2ccc([N+](=O)[O-])cc21. The van der Waals surface area contributed by atoms with E-state index in [0.29, 0.717) is 16.0 Å². The Labute approximate surface area is 162 Å². The molecule has 0 aliphatic rings. The normalized spacial score (nSPS) is 11.4. The molecule has 0 spiro atoms. The van der Waals surface area contributed by atoms with Crippen LogP contribution in [-0.2, 0) is 16.1 Å². The Hall–Kier alpha value is -3.53. The highest BCUT2D eigenvalue weighted by atomic mass is 32.1. The van der Waals surface area contributed by atoms with E-state index in [1.807, 2.05) is 0 Å². The first-order valence-corrected chi connectivity index (χ1v) is 8.83. The van der Waals surface area contributed by atoms with Gasteiger partial charge in [0.2, 0.25) is 0 Å². The number of esters is 1. The fraction of sp³-hybridized carbons (Fsp3) is 0.167. The van der Waals surface area contributed by atoms with Crippen molar-refractivity contribution in [2.24, 2.45) is 4.99 Å². The van der Waals surface area contributed by atoms with E-state index in [4.69, 9.17) is 9.47 Å². The molecular formula is C18H15N3O6S. The number of benzene rings is 2. The molecule has 0 aliphatic carbocycles. The van der Waals surface area contributed by atoms with Gasteiger partial charge in [-0.15, -0.1) is 0 Å². The summed E-state index contributed by atoms with van der Waals surface area (Å²) in [7, 11) is 2.68. The number of ether oxygens (including phenoxy) is 2. The number of thiazole rings is 1. The Bertz CT molecular complexity index is 1150. The number of para-hydroxylation sites is 1. The molecule has 28 heavy (non-hydrogen) atoms. The summed E-state index contributed by atoms with van der Waals surface area (Å²) >= 11 is 1.14. The van der Waals surface area contributed by atoms with Crippen LogP contribution < -0.4 is 9.54 Å². The van der Waals surface area contributed by atoms with Gasteiger partial charge in [0, 0.05) is 12.1 Å². The Kier molecular flexibility index (Phi) is 5.50. The Morgan fingerprint density at radius 2 is 1.96 bits per heavy atom. The van der Waals surface area contributed by atoms with E-state index in [1.165, 1.54) is 30.9 Å². The first-order chi connectivity index (χ1) is 13.4. The molecule has 0 saturated heterocycles. The maximum Gasteiger partial charge on any atom is 0.325 e. The second kappa shape index (κ2) is 8.01. The van der Waals surface area contributed by atoms with Gasteiger partial charge in [-0.3, -0.25) is 19.7 Å². The number of carbonyl (C=O) groups is 2. The van der Waals surface area contributed by atoms with Gasteiger partial charge >= 0.3 is 5.97 Å². The molecular weight excluding hydrogens is 386 g/mol. The van der Waals surface area contributed by atoms with Crippen LogP contribution in [0.4, 0.5) is 5.69 Å². The third-order valence-corrected chi connectivity index (χ3v) is 4.99. The van der Waals surface area contributed by atoms with Crippen LogP contribution in [0, 0.1) is 10.1 Å². The number of amides is 1. The molecule has 1 aromatic heterocycles. The van der Waals surface area contributed by atoms with Crippen molar-refractivity contribution in [1.82, 2.24) is 4.57 Å². The number of methoxy groups -OCH3 is 2. The van der Waals surface area contributed by atoms with Crippen molar-refractivity contribution in [2.45, 2.75) is 6.54 Å². The number of aromatic nitrogens is 1. The molecule has 0 radical (unpaired) electrons. The lowest BCUT2D eigenvalue weighted by Crippen LogP contribution is -2.22. The maximum atomic E-state index is 12.7.